The Bertz CT molecular complexity index is 579. The third kappa shape index (κ3) is 3.95. The molecule has 1 N–H and O–H groups in total. The van der Waals surface area contributed by atoms with E-state index >= 15 is 0 Å². The molecular formula is C12H13N3O3S. The van der Waals surface area contributed by atoms with E-state index in [1.807, 2.05) is 12.1 Å². The van der Waals surface area contributed by atoms with Gasteiger partial charge >= 0.3 is 0 Å². The SMILES string of the molecule is N#CCCN(CCC#N)S(=O)(=O)c1ccc(O)cc1. The van der Waals surface area contributed by atoms with Gasteiger partial charge in [-0.05, 0) is 24.3 Å². The van der Waals surface area contributed by atoms with Crippen molar-refractivity contribution in [3.63, 3.8) is 0 Å². The quantitative estimate of drug-likeness (QED) is 0.842. The summed E-state index contributed by atoms with van der Waals surface area (Å²) in [5, 5.41) is 26.2. The second-order valence-electron chi connectivity index (χ2n) is 3.71. The Kier molecular flexibility index (Phi) is 5.31. The van der Waals surface area contributed by atoms with Gasteiger partial charge in [0.2, 0.25) is 10.0 Å². The van der Waals surface area contributed by atoms with E-state index in [1.165, 1.54) is 24.3 Å². The van der Waals surface area contributed by atoms with Gasteiger partial charge < -0.3 is 5.11 Å². The molecule has 7 heteroatoms. The number of aromatic hydroxyl groups is 1. The van der Waals surface area contributed by atoms with Crippen molar-refractivity contribution in [1.29, 1.82) is 10.5 Å². The molecule has 1 aromatic carbocycles. The summed E-state index contributed by atoms with van der Waals surface area (Å²) < 4.78 is 25.7. The molecule has 0 radical (unpaired) electrons. The van der Waals surface area contributed by atoms with Crippen LogP contribution < -0.4 is 0 Å². The van der Waals surface area contributed by atoms with Crippen LogP contribution >= 0.6 is 0 Å². The molecule has 0 spiro atoms. The molecule has 0 aromatic heterocycles. The van der Waals surface area contributed by atoms with Crippen LogP contribution in [0.2, 0.25) is 0 Å². The summed E-state index contributed by atoms with van der Waals surface area (Å²) in [5.41, 5.74) is 0. The van der Waals surface area contributed by atoms with Gasteiger partial charge in [0.1, 0.15) is 5.75 Å². The van der Waals surface area contributed by atoms with E-state index in [1.54, 1.807) is 0 Å². The molecule has 0 aliphatic carbocycles. The summed E-state index contributed by atoms with van der Waals surface area (Å²) in [6.07, 6.45) is 0.117. The second kappa shape index (κ2) is 6.74. The van der Waals surface area contributed by atoms with Crippen LogP contribution in [0.3, 0.4) is 0 Å². The van der Waals surface area contributed by atoms with Crippen LogP contribution in [0.5, 0.6) is 5.75 Å². The predicted molar refractivity (Wildman–Crippen MR) is 67.3 cm³/mol. The lowest BCUT2D eigenvalue weighted by molar-refractivity contribution is 0.424. The number of phenols is 1. The Labute approximate surface area is 112 Å². The minimum absolute atomic E-state index is 0.0282. The predicted octanol–water partition coefficient (Wildman–Crippen LogP) is 1.21. The largest absolute Gasteiger partial charge is 0.508 e. The minimum Gasteiger partial charge on any atom is -0.508 e. The number of nitriles is 2. The summed E-state index contributed by atoms with van der Waals surface area (Å²) in [4.78, 5) is 0.0289. The van der Waals surface area contributed by atoms with Crippen LogP contribution in [0.15, 0.2) is 29.2 Å². The van der Waals surface area contributed by atoms with Gasteiger partial charge in [0, 0.05) is 25.9 Å². The Morgan fingerprint density at radius 2 is 1.53 bits per heavy atom. The van der Waals surface area contributed by atoms with E-state index in [9.17, 15) is 8.42 Å². The van der Waals surface area contributed by atoms with Crippen molar-refractivity contribution in [3.05, 3.63) is 24.3 Å². The van der Waals surface area contributed by atoms with E-state index in [-0.39, 0.29) is 36.6 Å². The molecule has 0 saturated heterocycles. The lowest BCUT2D eigenvalue weighted by Gasteiger charge is -2.19. The summed E-state index contributed by atoms with van der Waals surface area (Å²) >= 11 is 0. The van der Waals surface area contributed by atoms with Gasteiger partial charge in [0.15, 0.2) is 0 Å². The number of nitrogens with zero attached hydrogens (tertiary/aromatic N) is 3. The lowest BCUT2D eigenvalue weighted by atomic mass is 10.3. The molecule has 6 nitrogen and oxygen atoms in total. The average Bonchev–Trinajstić information content (AvgIpc) is 2.39. The topological polar surface area (TPSA) is 105 Å². The standard InChI is InChI=1S/C12H13N3O3S/c13-7-1-9-15(10-2-8-14)19(17,18)12-5-3-11(16)4-6-12/h3-6,16H,1-2,9-10H2. The molecule has 1 aromatic rings. The van der Waals surface area contributed by atoms with E-state index in [2.05, 4.69) is 0 Å². The Morgan fingerprint density at radius 1 is 1.05 bits per heavy atom. The van der Waals surface area contributed by atoms with Gasteiger partial charge in [-0.2, -0.15) is 14.8 Å². The van der Waals surface area contributed by atoms with Gasteiger partial charge in [-0.3, -0.25) is 0 Å². The highest BCUT2D eigenvalue weighted by Crippen LogP contribution is 2.19. The highest BCUT2D eigenvalue weighted by atomic mass is 32.2. The van der Waals surface area contributed by atoms with Crippen LogP contribution in [-0.4, -0.2) is 30.9 Å². The van der Waals surface area contributed by atoms with E-state index in [0.29, 0.717) is 0 Å². The zero-order valence-corrected chi connectivity index (χ0v) is 11.0. The molecule has 0 bridgehead atoms. The fraction of sp³-hybridized carbons (Fsp3) is 0.333. The molecule has 1 rings (SSSR count). The first kappa shape index (κ1) is 15.0. The van der Waals surface area contributed by atoms with E-state index < -0.39 is 10.0 Å². The van der Waals surface area contributed by atoms with Gasteiger partial charge in [0.25, 0.3) is 0 Å². The van der Waals surface area contributed by atoms with Crippen LogP contribution in [-0.2, 0) is 10.0 Å². The first-order valence-electron chi connectivity index (χ1n) is 5.55. The first-order valence-corrected chi connectivity index (χ1v) is 6.99. The number of sulfonamides is 1. The maximum Gasteiger partial charge on any atom is 0.243 e. The van der Waals surface area contributed by atoms with Gasteiger partial charge in [-0.25, -0.2) is 8.42 Å². The molecule has 0 aliphatic heterocycles. The highest BCUT2D eigenvalue weighted by Gasteiger charge is 2.23. The minimum atomic E-state index is -3.74. The van der Waals surface area contributed by atoms with Gasteiger partial charge in [0.05, 0.1) is 17.0 Å². The van der Waals surface area contributed by atoms with E-state index in [0.717, 1.165) is 4.31 Å². The Morgan fingerprint density at radius 3 is 1.95 bits per heavy atom. The number of rotatable bonds is 6. The number of phenolic OH excluding ortho intramolecular Hbond substituents is 1. The van der Waals surface area contributed by atoms with Crippen molar-refractivity contribution in [1.82, 2.24) is 4.31 Å². The summed E-state index contributed by atoms with van der Waals surface area (Å²) in [6, 6.07) is 8.89. The highest BCUT2D eigenvalue weighted by molar-refractivity contribution is 7.89. The van der Waals surface area contributed by atoms with Crippen LogP contribution in [0.1, 0.15) is 12.8 Å². The summed E-state index contributed by atoms with van der Waals surface area (Å²) in [7, 11) is -3.74. The zero-order chi connectivity index (χ0) is 14.3. The fourth-order valence-electron chi connectivity index (χ4n) is 1.47. The van der Waals surface area contributed by atoms with Gasteiger partial charge in [-0.15, -0.1) is 0 Å². The molecule has 19 heavy (non-hydrogen) atoms. The van der Waals surface area contributed by atoms with Crippen molar-refractivity contribution in [2.45, 2.75) is 17.7 Å². The number of hydrogen-bond donors (Lipinski definition) is 1. The average molecular weight is 279 g/mol. The molecule has 0 atom stereocenters. The zero-order valence-electron chi connectivity index (χ0n) is 10.2. The van der Waals surface area contributed by atoms with E-state index in [4.69, 9.17) is 15.6 Å². The molecule has 0 fully saturated rings. The fourth-order valence-corrected chi connectivity index (χ4v) is 2.91. The lowest BCUT2D eigenvalue weighted by Crippen LogP contribution is -2.32. The van der Waals surface area contributed by atoms with Crippen LogP contribution in [0.4, 0.5) is 0 Å². The van der Waals surface area contributed by atoms with Crippen molar-refractivity contribution >= 4 is 10.0 Å². The van der Waals surface area contributed by atoms with Crippen molar-refractivity contribution < 1.29 is 13.5 Å². The molecule has 0 aliphatic rings. The Balaban J connectivity index is 3.01. The Hall–Kier alpha value is -2.09. The number of benzene rings is 1. The molecule has 0 saturated carbocycles. The van der Waals surface area contributed by atoms with Gasteiger partial charge in [-0.1, -0.05) is 0 Å². The van der Waals surface area contributed by atoms with Crippen molar-refractivity contribution in [3.8, 4) is 17.9 Å². The molecule has 100 valence electrons. The second-order valence-corrected chi connectivity index (χ2v) is 5.65. The monoisotopic (exact) mass is 279 g/mol. The molecule has 0 amide bonds. The summed E-state index contributed by atoms with van der Waals surface area (Å²) in [5.74, 6) is -0.0282. The third-order valence-corrected chi connectivity index (χ3v) is 4.33. The normalized spacial score (nSPS) is 10.9. The summed E-state index contributed by atoms with van der Waals surface area (Å²) in [6.45, 7) is 0.0861. The van der Waals surface area contributed by atoms with Crippen molar-refractivity contribution in [2.24, 2.45) is 0 Å². The number of hydrogen-bond acceptors (Lipinski definition) is 5. The van der Waals surface area contributed by atoms with Crippen LogP contribution in [0.25, 0.3) is 0 Å². The van der Waals surface area contributed by atoms with Crippen LogP contribution in [0, 0.1) is 22.7 Å². The molecule has 0 unspecified atom stereocenters. The third-order valence-electron chi connectivity index (χ3n) is 2.42. The first-order chi connectivity index (χ1) is 9.02. The maximum atomic E-state index is 12.3. The molecule has 0 heterocycles. The van der Waals surface area contributed by atoms with Crippen molar-refractivity contribution in [2.75, 3.05) is 13.1 Å². The molecular weight excluding hydrogens is 266 g/mol. The smallest absolute Gasteiger partial charge is 0.243 e. The maximum absolute atomic E-state index is 12.3.